The van der Waals surface area contributed by atoms with E-state index in [1.807, 2.05) is 30.6 Å². The van der Waals surface area contributed by atoms with Gasteiger partial charge in [-0.25, -0.2) is 4.39 Å². The molecule has 24 heavy (non-hydrogen) atoms. The molecular formula is C18H26FIN4. The summed E-state index contributed by atoms with van der Waals surface area (Å²) in [5, 5.41) is 6.56. The zero-order valence-electron chi connectivity index (χ0n) is 14.0. The molecule has 0 radical (unpaired) electrons. The zero-order chi connectivity index (χ0) is 16.3. The molecule has 0 atom stereocenters. The van der Waals surface area contributed by atoms with Gasteiger partial charge in [-0.2, -0.15) is 0 Å². The normalized spacial score (nSPS) is 11.0. The van der Waals surface area contributed by atoms with Crippen LogP contribution >= 0.6 is 24.0 Å². The van der Waals surface area contributed by atoms with Gasteiger partial charge in [-0.3, -0.25) is 4.99 Å². The van der Waals surface area contributed by atoms with Crippen molar-refractivity contribution < 1.29 is 4.39 Å². The number of benzene rings is 1. The lowest BCUT2D eigenvalue weighted by atomic mass is 10.1. The molecule has 1 heterocycles. The molecule has 0 unspecified atom stereocenters. The summed E-state index contributed by atoms with van der Waals surface area (Å²) < 4.78 is 15.2. The number of halogens is 2. The first kappa shape index (κ1) is 20.5. The van der Waals surface area contributed by atoms with Crippen LogP contribution in [0.4, 0.5) is 4.39 Å². The molecule has 0 aliphatic carbocycles. The maximum Gasteiger partial charge on any atom is 0.191 e. The minimum absolute atomic E-state index is 0. The van der Waals surface area contributed by atoms with Gasteiger partial charge >= 0.3 is 0 Å². The summed E-state index contributed by atoms with van der Waals surface area (Å²) >= 11 is 0. The molecule has 0 spiro atoms. The molecule has 0 fully saturated rings. The highest BCUT2D eigenvalue weighted by Gasteiger charge is 1.98. The lowest BCUT2D eigenvalue weighted by Crippen LogP contribution is -2.38. The molecule has 0 amide bonds. The lowest BCUT2D eigenvalue weighted by Gasteiger charge is -2.11. The van der Waals surface area contributed by atoms with Crippen LogP contribution in [0.2, 0.25) is 0 Å². The van der Waals surface area contributed by atoms with Crippen molar-refractivity contribution in [1.82, 2.24) is 15.2 Å². The van der Waals surface area contributed by atoms with Gasteiger partial charge in [0.2, 0.25) is 0 Å². The van der Waals surface area contributed by atoms with Crippen LogP contribution in [0.3, 0.4) is 0 Å². The predicted octanol–water partition coefficient (Wildman–Crippen LogP) is 3.43. The second-order valence-corrected chi connectivity index (χ2v) is 5.34. The van der Waals surface area contributed by atoms with E-state index < -0.39 is 0 Å². The van der Waals surface area contributed by atoms with Crippen LogP contribution < -0.4 is 10.6 Å². The highest BCUT2D eigenvalue weighted by atomic mass is 127. The summed E-state index contributed by atoms with van der Waals surface area (Å²) in [4.78, 5) is 4.56. The Morgan fingerprint density at radius 3 is 2.67 bits per heavy atom. The van der Waals surface area contributed by atoms with E-state index in [1.165, 1.54) is 6.07 Å². The summed E-state index contributed by atoms with van der Waals surface area (Å²) in [7, 11) is 0. The van der Waals surface area contributed by atoms with Crippen molar-refractivity contribution in [2.75, 3.05) is 19.6 Å². The van der Waals surface area contributed by atoms with E-state index in [2.05, 4.69) is 27.1 Å². The molecule has 0 bridgehead atoms. The number of rotatable bonds is 8. The minimum atomic E-state index is -0.175. The Hall–Kier alpha value is -1.57. The van der Waals surface area contributed by atoms with E-state index in [0.717, 1.165) is 50.5 Å². The average Bonchev–Trinajstić information content (AvgIpc) is 3.05. The van der Waals surface area contributed by atoms with Crippen molar-refractivity contribution in [3.63, 3.8) is 0 Å². The number of aryl methyl sites for hydroxylation is 1. The maximum atomic E-state index is 13.1. The highest BCUT2D eigenvalue weighted by molar-refractivity contribution is 14.0. The van der Waals surface area contributed by atoms with Crippen LogP contribution in [0.1, 0.15) is 18.9 Å². The van der Waals surface area contributed by atoms with Gasteiger partial charge in [0.25, 0.3) is 0 Å². The summed E-state index contributed by atoms with van der Waals surface area (Å²) in [5.41, 5.74) is 1.02. The zero-order valence-corrected chi connectivity index (χ0v) is 16.4. The molecule has 1 aromatic carbocycles. The number of nitrogens with one attached hydrogen (secondary N) is 2. The van der Waals surface area contributed by atoms with E-state index in [4.69, 9.17) is 0 Å². The molecule has 2 aromatic rings. The van der Waals surface area contributed by atoms with Gasteiger partial charge in [0.05, 0.1) is 0 Å². The van der Waals surface area contributed by atoms with Crippen molar-refractivity contribution in [2.24, 2.45) is 4.99 Å². The second kappa shape index (κ2) is 11.9. The Morgan fingerprint density at radius 2 is 1.96 bits per heavy atom. The Kier molecular flexibility index (Phi) is 10.1. The molecule has 1 aromatic heterocycles. The summed E-state index contributed by atoms with van der Waals surface area (Å²) in [6.07, 6.45) is 5.83. The fourth-order valence-electron chi connectivity index (χ4n) is 2.33. The fourth-order valence-corrected chi connectivity index (χ4v) is 2.33. The van der Waals surface area contributed by atoms with E-state index in [1.54, 1.807) is 12.1 Å². The van der Waals surface area contributed by atoms with Crippen molar-refractivity contribution in [2.45, 2.75) is 26.3 Å². The first-order valence-electron chi connectivity index (χ1n) is 8.15. The van der Waals surface area contributed by atoms with Crippen LogP contribution in [-0.2, 0) is 13.0 Å². The van der Waals surface area contributed by atoms with E-state index >= 15 is 0 Å². The summed E-state index contributed by atoms with van der Waals surface area (Å²) in [5.74, 6) is 0.657. The van der Waals surface area contributed by atoms with Gasteiger partial charge in [-0.15, -0.1) is 24.0 Å². The Labute approximate surface area is 160 Å². The third kappa shape index (κ3) is 7.81. The Bertz CT molecular complexity index is 599. The molecule has 6 heteroatoms. The number of aliphatic imine (C=N–C) groups is 1. The molecule has 2 rings (SSSR count). The molecule has 0 aliphatic heterocycles. The van der Waals surface area contributed by atoms with Crippen LogP contribution in [0, 0.1) is 5.82 Å². The van der Waals surface area contributed by atoms with E-state index in [-0.39, 0.29) is 29.8 Å². The SMILES string of the molecule is CCNC(=NCCCc1cccc(F)c1)NCCn1cccc1.I. The van der Waals surface area contributed by atoms with Crippen molar-refractivity contribution in [1.29, 1.82) is 0 Å². The van der Waals surface area contributed by atoms with Gasteiger partial charge in [0.1, 0.15) is 5.82 Å². The van der Waals surface area contributed by atoms with E-state index in [9.17, 15) is 4.39 Å². The van der Waals surface area contributed by atoms with Crippen molar-refractivity contribution >= 4 is 29.9 Å². The van der Waals surface area contributed by atoms with Crippen molar-refractivity contribution in [3.8, 4) is 0 Å². The third-order valence-corrected chi connectivity index (χ3v) is 3.46. The van der Waals surface area contributed by atoms with Crippen molar-refractivity contribution in [3.05, 3.63) is 60.2 Å². The average molecular weight is 444 g/mol. The number of hydrogen-bond donors (Lipinski definition) is 2. The van der Waals surface area contributed by atoms with Crippen LogP contribution in [-0.4, -0.2) is 30.2 Å². The van der Waals surface area contributed by atoms with Gasteiger partial charge in [0.15, 0.2) is 5.96 Å². The van der Waals surface area contributed by atoms with Gasteiger partial charge in [0, 0.05) is 38.6 Å². The number of nitrogens with zero attached hydrogens (tertiary/aromatic N) is 2. The quantitative estimate of drug-likeness (QED) is 0.284. The number of hydrogen-bond acceptors (Lipinski definition) is 1. The minimum Gasteiger partial charge on any atom is -0.357 e. The van der Waals surface area contributed by atoms with Gasteiger partial charge < -0.3 is 15.2 Å². The van der Waals surface area contributed by atoms with E-state index in [0.29, 0.717) is 0 Å². The largest absolute Gasteiger partial charge is 0.357 e. The topological polar surface area (TPSA) is 41.4 Å². The Balaban J connectivity index is 0.00000288. The van der Waals surface area contributed by atoms with Gasteiger partial charge in [-0.1, -0.05) is 12.1 Å². The smallest absolute Gasteiger partial charge is 0.191 e. The first-order valence-corrected chi connectivity index (χ1v) is 8.15. The molecule has 0 saturated heterocycles. The van der Waals surface area contributed by atoms with Crippen LogP contribution in [0.25, 0.3) is 0 Å². The number of guanidine groups is 1. The lowest BCUT2D eigenvalue weighted by molar-refractivity contribution is 0.624. The molecule has 0 aliphatic rings. The molecular weight excluding hydrogens is 418 g/mol. The maximum absolute atomic E-state index is 13.1. The monoisotopic (exact) mass is 444 g/mol. The standard InChI is InChI=1S/C18H25FN4.HI/c1-2-20-18(22-11-14-23-12-3-4-13-23)21-10-6-8-16-7-5-9-17(19)15-16;/h3-5,7,9,12-13,15H,2,6,8,10-11,14H2,1H3,(H2,20,21,22);1H. The van der Waals surface area contributed by atoms with Crippen LogP contribution in [0.5, 0.6) is 0 Å². The second-order valence-electron chi connectivity index (χ2n) is 5.34. The molecule has 0 saturated carbocycles. The van der Waals surface area contributed by atoms with Gasteiger partial charge in [-0.05, 0) is 49.6 Å². The fraction of sp³-hybridized carbons (Fsp3) is 0.389. The first-order chi connectivity index (χ1) is 11.3. The Morgan fingerprint density at radius 1 is 1.17 bits per heavy atom. The van der Waals surface area contributed by atoms with Crippen LogP contribution in [0.15, 0.2) is 53.8 Å². The molecule has 4 nitrogen and oxygen atoms in total. The molecule has 2 N–H and O–H groups in total. The number of aromatic nitrogens is 1. The summed E-state index contributed by atoms with van der Waals surface area (Å²) in [6.45, 7) is 5.33. The third-order valence-electron chi connectivity index (χ3n) is 3.46. The summed E-state index contributed by atoms with van der Waals surface area (Å²) in [6, 6.07) is 10.8. The highest BCUT2D eigenvalue weighted by Crippen LogP contribution is 2.06. The molecule has 132 valence electrons. The predicted molar refractivity (Wildman–Crippen MR) is 109 cm³/mol.